The van der Waals surface area contributed by atoms with E-state index in [1.165, 1.54) is 0 Å². The van der Waals surface area contributed by atoms with Crippen molar-refractivity contribution in [1.82, 2.24) is 15.1 Å². The molecule has 0 bridgehead atoms. The first kappa shape index (κ1) is 26.2. The van der Waals surface area contributed by atoms with Gasteiger partial charge in [-0.1, -0.05) is 24.3 Å². The Morgan fingerprint density at radius 1 is 1.00 bits per heavy atom. The Balaban J connectivity index is 1.61. The molecule has 1 aliphatic rings. The van der Waals surface area contributed by atoms with Crippen LogP contribution in [0.3, 0.4) is 0 Å². The first-order valence-corrected chi connectivity index (χ1v) is 13.0. The Kier molecular flexibility index (Phi) is 7.19. The molecule has 4 aromatic rings. The molecule has 5 rings (SSSR count). The van der Waals surface area contributed by atoms with E-state index >= 15 is 0 Å². The van der Waals surface area contributed by atoms with Gasteiger partial charge in [0.2, 0.25) is 0 Å². The minimum absolute atomic E-state index is 0.133. The van der Waals surface area contributed by atoms with Gasteiger partial charge < -0.3 is 24.2 Å². The van der Waals surface area contributed by atoms with Crippen LogP contribution in [0.2, 0.25) is 0 Å². The molecule has 0 saturated carbocycles. The van der Waals surface area contributed by atoms with Crippen LogP contribution in [-0.2, 0) is 6.42 Å². The smallest absolute Gasteiger partial charge is 0.273 e. The number of aryl methyl sites for hydroxylation is 2. The maximum atomic E-state index is 13.8. The average molecular weight is 528 g/mol. The van der Waals surface area contributed by atoms with E-state index < -0.39 is 6.04 Å². The van der Waals surface area contributed by atoms with Crippen molar-refractivity contribution in [2.45, 2.75) is 33.2 Å². The average Bonchev–Trinajstić information content (AvgIpc) is 3.46. The third-order valence-corrected chi connectivity index (χ3v) is 7.16. The van der Waals surface area contributed by atoms with Gasteiger partial charge in [0.05, 0.1) is 26.9 Å². The van der Waals surface area contributed by atoms with Crippen molar-refractivity contribution in [2.75, 3.05) is 27.4 Å². The van der Waals surface area contributed by atoms with Gasteiger partial charge in [-0.2, -0.15) is 5.10 Å². The lowest BCUT2D eigenvalue weighted by Gasteiger charge is -2.27. The first-order chi connectivity index (χ1) is 18.9. The van der Waals surface area contributed by atoms with Crippen molar-refractivity contribution >= 4 is 5.91 Å². The minimum Gasteiger partial charge on any atom is -0.507 e. The number of nitrogens with one attached hydrogen (secondary N) is 1. The van der Waals surface area contributed by atoms with Gasteiger partial charge in [0.25, 0.3) is 5.91 Å². The van der Waals surface area contributed by atoms with Crippen molar-refractivity contribution in [1.29, 1.82) is 0 Å². The lowest BCUT2D eigenvalue weighted by molar-refractivity contribution is 0.0745. The number of ether oxygens (including phenoxy) is 3. The molecule has 8 heteroatoms. The second kappa shape index (κ2) is 10.7. The summed E-state index contributed by atoms with van der Waals surface area (Å²) in [5, 5.41) is 18.5. The highest BCUT2D eigenvalue weighted by atomic mass is 16.5. The van der Waals surface area contributed by atoms with Gasteiger partial charge in [-0.3, -0.25) is 9.89 Å². The summed E-state index contributed by atoms with van der Waals surface area (Å²) in [6.45, 7) is 6.78. The third kappa shape index (κ3) is 4.78. The lowest BCUT2D eigenvalue weighted by Crippen LogP contribution is -2.31. The number of phenolic OH excluding ortho intramolecular Hbond substituents is 1. The zero-order valence-corrected chi connectivity index (χ0v) is 22.9. The molecule has 1 atom stereocenters. The number of aromatic hydroxyl groups is 1. The molecule has 8 nitrogen and oxygen atoms in total. The molecule has 1 unspecified atom stereocenters. The molecule has 0 saturated heterocycles. The molecule has 2 N–H and O–H groups in total. The Hall–Kier alpha value is -4.46. The normalized spacial score (nSPS) is 14.4. The Morgan fingerprint density at radius 2 is 1.77 bits per heavy atom. The number of aromatic nitrogens is 2. The topological polar surface area (TPSA) is 96.9 Å². The SMILES string of the molecule is CCOc1ccc(C2c3c(-c4c(C)cc(C)cc4O)n[nH]c3C(=O)N2CCc2ccc(OC)cc2)cc1OC. The van der Waals surface area contributed by atoms with E-state index in [0.29, 0.717) is 48.0 Å². The summed E-state index contributed by atoms with van der Waals surface area (Å²) in [6, 6.07) is 16.9. The monoisotopic (exact) mass is 527 g/mol. The summed E-state index contributed by atoms with van der Waals surface area (Å²) >= 11 is 0. The maximum absolute atomic E-state index is 13.8. The lowest BCUT2D eigenvalue weighted by atomic mass is 9.93. The summed E-state index contributed by atoms with van der Waals surface area (Å²) in [4.78, 5) is 15.7. The van der Waals surface area contributed by atoms with Crippen LogP contribution in [0.25, 0.3) is 11.3 Å². The molecule has 2 heterocycles. The van der Waals surface area contributed by atoms with Crippen molar-refractivity contribution in [3.05, 3.63) is 88.1 Å². The predicted octanol–water partition coefficient (Wildman–Crippen LogP) is 5.60. The van der Waals surface area contributed by atoms with E-state index in [4.69, 9.17) is 14.2 Å². The first-order valence-electron chi connectivity index (χ1n) is 13.0. The summed E-state index contributed by atoms with van der Waals surface area (Å²) < 4.78 is 16.7. The minimum atomic E-state index is -0.441. The zero-order valence-electron chi connectivity index (χ0n) is 22.9. The van der Waals surface area contributed by atoms with Crippen LogP contribution in [0.5, 0.6) is 23.0 Å². The van der Waals surface area contributed by atoms with Crippen LogP contribution >= 0.6 is 0 Å². The number of amides is 1. The van der Waals surface area contributed by atoms with Crippen molar-refractivity contribution in [3.63, 3.8) is 0 Å². The van der Waals surface area contributed by atoms with E-state index in [2.05, 4.69) is 10.2 Å². The Morgan fingerprint density at radius 3 is 2.44 bits per heavy atom. The summed E-state index contributed by atoms with van der Waals surface area (Å²) in [5.41, 5.74) is 6.14. The summed E-state index contributed by atoms with van der Waals surface area (Å²) in [5.74, 6) is 2.00. The fourth-order valence-electron chi connectivity index (χ4n) is 5.39. The second-order valence-electron chi connectivity index (χ2n) is 9.68. The van der Waals surface area contributed by atoms with E-state index in [0.717, 1.165) is 33.6 Å². The number of hydrogen-bond donors (Lipinski definition) is 2. The van der Waals surface area contributed by atoms with E-state index in [1.54, 1.807) is 20.3 Å². The number of benzene rings is 3. The number of methoxy groups -OCH3 is 2. The number of rotatable bonds is 9. The Labute approximate surface area is 228 Å². The number of hydrogen-bond acceptors (Lipinski definition) is 6. The van der Waals surface area contributed by atoms with Crippen molar-refractivity contribution in [3.8, 4) is 34.3 Å². The van der Waals surface area contributed by atoms with Crippen LogP contribution in [0.15, 0.2) is 54.6 Å². The van der Waals surface area contributed by atoms with Gasteiger partial charge in [0.1, 0.15) is 22.9 Å². The molecular weight excluding hydrogens is 494 g/mol. The van der Waals surface area contributed by atoms with Crippen LogP contribution in [-0.4, -0.2) is 53.5 Å². The number of nitrogens with zero attached hydrogens (tertiary/aromatic N) is 2. The number of fused-ring (bicyclic) bond motifs is 1. The largest absolute Gasteiger partial charge is 0.507 e. The number of H-pyrrole nitrogens is 1. The van der Waals surface area contributed by atoms with Gasteiger partial charge in [0.15, 0.2) is 11.5 Å². The van der Waals surface area contributed by atoms with Gasteiger partial charge in [-0.15, -0.1) is 0 Å². The number of phenols is 1. The fraction of sp³-hybridized carbons (Fsp3) is 0.290. The highest BCUT2D eigenvalue weighted by Gasteiger charge is 2.42. The Bertz CT molecular complexity index is 1490. The molecular formula is C31H33N3O5. The fourth-order valence-corrected chi connectivity index (χ4v) is 5.39. The third-order valence-electron chi connectivity index (χ3n) is 7.16. The van der Waals surface area contributed by atoms with Crippen LogP contribution < -0.4 is 14.2 Å². The van der Waals surface area contributed by atoms with Gasteiger partial charge in [-0.25, -0.2) is 0 Å². The van der Waals surface area contributed by atoms with Gasteiger partial charge in [-0.05, 0) is 79.8 Å². The van der Waals surface area contributed by atoms with E-state index in [-0.39, 0.29) is 11.7 Å². The second-order valence-corrected chi connectivity index (χ2v) is 9.68. The van der Waals surface area contributed by atoms with E-state index in [1.807, 2.05) is 74.2 Å². The molecule has 1 amide bonds. The molecule has 0 radical (unpaired) electrons. The van der Waals surface area contributed by atoms with Crippen molar-refractivity contribution in [2.24, 2.45) is 0 Å². The maximum Gasteiger partial charge on any atom is 0.273 e. The van der Waals surface area contributed by atoms with Crippen molar-refractivity contribution < 1.29 is 24.1 Å². The number of carbonyl (C=O) groups excluding carboxylic acids is 1. The van der Waals surface area contributed by atoms with E-state index in [9.17, 15) is 9.90 Å². The molecule has 202 valence electrons. The van der Waals surface area contributed by atoms with Crippen LogP contribution in [0, 0.1) is 13.8 Å². The van der Waals surface area contributed by atoms with Crippen LogP contribution in [0.4, 0.5) is 0 Å². The molecule has 1 aliphatic heterocycles. The standard InChI is InChI=1S/C31H33N3O5/c1-6-39-24-12-9-21(17-25(24)38-5)30-27-28(26-19(3)15-18(2)16-23(26)35)32-33-29(27)31(36)34(30)14-13-20-7-10-22(37-4)11-8-20/h7-12,15-17,30,35H,6,13-14H2,1-5H3,(H,32,33). The van der Waals surface area contributed by atoms with Crippen LogP contribution in [0.1, 0.15) is 51.3 Å². The quantitative estimate of drug-likeness (QED) is 0.294. The van der Waals surface area contributed by atoms with Gasteiger partial charge in [0, 0.05) is 17.7 Å². The number of carbonyl (C=O) groups is 1. The molecule has 39 heavy (non-hydrogen) atoms. The molecule has 1 aromatic heterocycles. The molecule has 3 aromatic carbocycles. The van der Waals surface area contributed by atoms with Gasteiger partial charge >= 0.3 is 0 Å². The molecule has 0 fully saturated rings. The molecule has 0 spiro atoms. The summed E-state index contributed by atoms with van der Waals surface area (Å²) in [7, 11) is 3.24. The zero-order chi connectivity index (χ0) is 27.7. The highest BCUT2D eigenvalue weighted by molar-refractivity contribution is 6.00. The highest BCUT2D eigenvalue weighted by Crippen LogP contribution is 2.46. The predicted molar refractivity (Wildman–Crippen MR) is 149 cm³/mol. The number of aromatic amines is 1. The molecule has 0 aliphatic carbocycles. The summed E-state index contributed by atoms with van der Waals surface area (Å²) in [6.07, 6.45) is 0.655.